The minimum absolute atomic E-state index is 0.346. The summed E-state index contributed by atoms with van der Waals surface area (Å²) in [5, 5.41) is 9.60. The highest BCUT2D eigenvalue weighted by atomic mass is 31.1. The first kappa shape index (κ1) is 10.4. The summed E-state index contributed by atoms with van der Waals surface area (Å²) < 4.78 is 10.9. The highest BCUT2D eigenvalue weighted by Gasteiger charge is 2.16. The monoisotopic (exact) mass is 197 g/mol. The highest BCUT2D eigenvalue weighted by Crippen LogP contribution is 2.24. The maximum atomic E-state index is 10.9. The van der Waals surface area contributed by atoms with E-state index in [-0.39, 0.29) is 0 Å². The maximum absolute atomic E-state index is 10.9. The van der Waals surface area contributed by atoms with E-state index in [1.165, 1.54) is 0 Å². The standard InChI is InChI=1S/C10H14O2P/c1-8-3-5-9(6-4-8)10(11)7-13(2)12/h3-6,10-11H,7H2,1-2H3/q+1. The second-order valence-corrected chi connectivity index (χ2v) is 4.86. The maximum Gasteiger partial charge on any atom is 0.338 e. The van der Waals surface area contributed by atoms with Gasteiger partial charge in [0.1, 0.15) is 12.8 Å². The molecule has 0 amide bonds. The highest BCUT2D eigenvalue weighted by molar-refractivity contribution is 7.43. The van der Waals surface area contributed by atoms with Crippen molar-refractivity contribution < 1.29 is 9.67 Å². The molecule has 0 aliphatic carbocycles. The lowest BCUT2D eigenvalue weighted by Crippen LogP contribution is -1.99. The summed E-state index contributed by atoms with van der Waals surface area (Å²) in [4.78, 5) is 0. The fourth-order valence-electron chi connectivity index (χ4n) is 1.14. The Morgan fingerprint density at radius 1 is 1.38 bits per heavy atom. The molecule has 3 heteroatoms. The minimum Gasteiger partial charge on any atom is -0.384 e. The van der Waals surface area contributed by atoms with E-state index in [1.807, 2.05) is 31.2 Å². The summed E-state index contributed by atoms with van der Waals surface area (Å²) in [6, 6.07) is 7.64. The Hall–Kier alpha value is -0.720. The van der Waals surface area contributed by atoms with Crippen molar-refractivity contribution in [2.24, 2.45) is 0 Å². The number of aliphatic hydroxyl groups excluding tert-OH is 1. The van der Waals surface area contributed by atoms with Gasteiger partial charge in [-0.1, -0.05) is 34.4 Å². The Kier molecular flexibility index (Phi) is 3.58. The van der Waals surface area contributed by atoms with Crippen LogP contribution in [0.2, 0.25) is 0 Å². The molecule has 0 aliphatic rings. The molecule has 2 unspecified atom stereocenters. The molecule has 0 bridgehead atoms. The smallest absolute Gasteiger partial charge is 0.338 e. The van der Waals surface area contributed by atoms with Crippen LogP contribution in [-0.2, 0) is 4.57 Å². The molecule has 0 aliphatic heterocycles. The van der Waals surface area contributed by atoms with Crippen molar-refractivity contribution in [2.75, 3.05) is 12.8 Å². The second-order valence-electron chi connectivity index (χ2n) is 3.24. The van der Waals surface area contributed by atoms with Crippen LogP contribution < -0.4 is 0 Å². The zero-order valence-electron chi connectivity index (χ0n) is 7.90. The molecule has 2 nitrogen and oxygen atoms in total. The lowest BCUT2D eigenvalue weighted by Gasteiger charge is -2.04. The molecule has 0 spiro atoms. The largest absolute Gasteiger partial charge is 0.384 e. The molecule has 1 rings (SSSR count). The van der Waals surface area contributed by atoms with Crippen molar-refractivity contribution in [3.8, 4) is 0 Å². The number of aryl methyl sites for hydroxylation is 1. The fourth-order valence-corrected chi connectivity index (χ4v) is 1.84. The summed E-state index contributed by atoms with van der Waals surface area (Å²) in [6.45, 7) is 3.63. The number of benzene rings is 1. The third-order valence-corrected chi connectivity index (χ3v) is 2.75. The van der Waals surface area contributed by atoms with E-state index < -0.39 is 13.9 Å². The Bertz CT molecular complexity index is 292. The molecule has 0 saturated carbocycles. The van der Waals surface area contributed by atoms with E-state index >= 15 is 0 Å². The zero-order valence-corrected chi connectivity index (χ0v) is 8.79. The van der Waals surface area contributed by atoms with Gasteiger partial charge in [-0.2, -0.15) is 0 Å². The molecule has 1 aromatic rings. The fraction of sp³-hybridized carbons (Fsp3) is 0.400. The van der Waals surface area contributed by atoms with Crippen LogP contribution >= 0.6 is 7.80 Å². The molecular weight excluding hydrogens is 183 g/mol. The molecule has 0 heterocycles. The first-order chi connectivity index (χ1) is 6.09. The van der Waals surface area contributed by atoms with Gasteiger partial charge in [-0.3, -0.25) is 0 Å². The van der Waals surface area contributed by atoms with Gasteiger partial charge in [-0.05, 0) is 12.5 Å². The Labute approximate surface area is 79.4 Å². The van der Waals surface area contributed by atoms with E-state index in [0.717, 1.165) is 11.1 Å². The van der Waals surface area contributed by atoms with Crippen LogP contribution in [0, 0.1) is 6.92 Å². The van der Waals surface area contributed by atoms with Gasteiger partial charge in [0.05, 0.1) is 0 Å². The van der Waals surface area contributed by atoms with Crippen molar-refractivity contribution >= 4 is 7.80 Å². The van der Waals surface area contributed by atoms with Gasteiger partial charge in [0, 0.05) is 0 Å². The average molecular weight is 197 g/mol. The van der Waals surface area contributed by atoms with E-state index in [1.54, 1.807) is 6.66 Å². The van der Waals surface area contributed by atoms with Gasteiger partial charge in [0.25, 0.3) is 0 Å². The summed E-state index contributed by atoms with van der Waals surface area (Å²) in [6.07, 6.45) is -0.243. The molecule has 1 aromatic carbocycles. The summed E-state index contributed by atoms with van der Waals surface area (Å²) in [7, 11) is -1.27. The van der Waals surface area contributed by atoms with Crippen LogP contribution in [-0.4, -0.2) is 17.9 Å². The molecule has 1 N–H and O–H groups in total. The van der Waals surface area contributed by atoms with Crippen LogP contribution in [0.4, 0.5) is 0 Å². The van der Waals surface area contributed by atoms with Gasteiger partial charge in [-0.25, -0.2) is 0 Å². The SMILES string of the molecule is Cc1ccc(C(O)C[P+](C)=O)cc1. The molecule has 0 radical (unpaired) electrons. The first-order valence-electron chi connectivity index (χ1n) is 4.22. The van der Waals surface area contributed by atoms with Gasteiger partial charge in [-0.15, -0.1) is 0 Å². The Morgan fingerprint density at radius 3 is 2.38 bits per heavy atom. The summed E-state index contributed by atoms with van der Waals surface area (Å²) >= 11 is 0. The number of aliphatic hydroxyl groups is 1. The minimum atomic E-state index is -1.27. The van der Waals surface area contributed by atoms with Gasteiger partial charge < -0.3 is 5.11 Å². The third kappa shape index (κ3) is 3.25. The molecular formula is C10H14O2P+. The molecule has 0 saturated heterocycles. The Balaban J connectivity index is 2.71. The van der Waals surface area contributed by atoms with Crippen LogP contribution in [0.1, 0.15) is 17.2 Å². The summed E-state index contributed by atoms with van der Waals surface area (Å²) in [5.74, 6) is 0. The predicted octanol–water partition coefficient (Wildman–Crippen LogP) is 2.49. The quantitative estimate of drug-likeness (QED) is 0.756. The third-order valence-electron chi connectivity index (χ3n) is 1.89. The van der Waals surface area contributed by atoms with Gasteiger partial charge in [0.2, 0.25) is 0 Å². The number of rotatable bonds is 3. The number of hydrogen-bond acceptors (Lipinski definition) is 2. The van der Waals surface area contributed by atoms with E-state index in [9.17, 15) is 9.67 Å². The lowest BCUT2D eigenvalue weighted by molar-refractivity contribution is 0.202. The lowest BCUT2D eigenvalue weighted by atomic mass is 10.1. The zero-order chi connectivity index (χ0) is 9.84. The topological polar surface area (TPSA) is 37.3 Å². The van der Waals surface area contributed by atoms with Gasteiger partial charge in [0.15, 0.2) is 6.16 Å². The summed E-state index contributed by atoms with van der Waals surface area (Å²) in [5.41, 5.74) is 2.01. The van der Waals surface area contributed by atoms with Crippen molar-refractivity contribution in [1.82, 2.24) is 0 Å². The average Bonchev–Trinajstić information content (AvgIpc) is 2.04. The van der Waals surface area contributed by atoms with E-state index in [0.29, 0.717) is 6.16 Å². The van der Waals surface area contributed by atoms with Crippen LogP contribution in [0.25, 0.3) is 0 Å². The van der Waals surface area contributed by atoms with Crippen molar-refractivity contribution in [3.63, 3.8) is 0 Å². The second kappa shape index (κ2) is 4.50. The van der Waals surface area contributed by atoms with Crippen LogP contribution in [0.15, 0.2) is 24.3 Å². The first-order valence-corrected chi connectivity index (χ1v) is 6.11. The van der Waals surface area contributed by atoms with Crippen LogP contribution in [0.3, 0.4) is 0 Å². The van der Waals surface area contributed by atoms with Crippen LogP contribution in [0.5, 0.6) is 0 Å². The van der Waals surface area contributed by atoms with Gasteiger partial charge >= 0.3 is 7.80 Å². The van der Waals surface area contributed by atoms with Crippen molar-refractivity contribution in [3.05, 3.63) is 35.4 Å². The van der Waals surface area contributed by atoms with Crippen molar-refractivity contribution in [2.45, 2.75) is 13.0 Å². The normalized spacial score (nSPS) is 13.9. The predicted molar refractivity (Wildman–Crippen MR) is 54.5 cm³/mol. The Morgan fingerprint density at radius 2 is 1.92 bits per heavy atom. The molecule has 0 fully saturated rings. The van der Waals surface area contributed by atoms with E-state index in [2.05, 4.69) is 0 Å². The molecule has 0 aromatic heterocycles. The van der Waals surface area contributed by atoms with Crippen molar-refractivity contribution in [1.29, 1.82) is 0 Å². The molecule has 13 heavy (non-hydrogen) atoms. The number of hydrogen-bond donors (Lipinski definition) is 1. The molecule has 70 valence electrons. The van der Waals surface area contributed by atoms with E-state index in [4.69, 9.17) is 0 Å². The molecule has 2 atom stereocenters.